The van der Waals surface area contributed by atoms with E-state index < -0.39 is 0 Å². The second-order valence-electron chi connectivity index (χ2n) is 2.57. The second kappa shape index (κ2) is 4.74. The molecule has 1 rings (SSSR count). The minimum Gasteiger partial charge on any atom is -0.273 e. The molecule has 1 saturated heterocycles. The number of amides is 2. The van der Waals surface area contributed by atoms with E-state index in [1.54, 1.807) is 0 Å². The summed E-state index contributed by atoms with van der Waals surface area (Å²) in [5.74, 6) is -0.348. The highest BCUT2D eigenvalue weighted by molar-refractivity contribution is 6.02. The zero-order valence-corrected chi connectivity index (χ0v) is 8.05. The van der Waals surface area contributed by atoms with Crippen molar-refractivity contribution in [1.82, 2.24) is 10.4 Å². The lowest BCUT2D eigenvalue weighted by atomic mass is 10.3. The van der Waals surface area contributed by atoms with Crippen molar-refractivity contribution in [2.75, 3.05) is 0 Å². The molecule has 0 aliphatic carbocycles. The molecule has 1 aliphatic heterocycles. The summed E-state index contributed by atoms with van der Waals surface area (Å²) in [6, 6.07) is 0.0546. The molecule has 0 bridgehead atoms. The van der Waals surface area contributed by atoms with E-state index in [9.17, 15) is 9.59 Å². The van der Waals surface area contributed by atoms with Gasteiger partial charge < -0.3 is 0 Å². The molecule has 0 saturated carbocycles. The first-order valence-corrected chi connectivity index (χ1v) is 4.23. The molecule has 4 nitrogen and oxygen atoms in total. The van der Waals surface area contributed by atoms with Gasteiger partial charge in [-0.05, 0) is 13.8 Å². The van der Waals surface area contributed by atoms with Crippen LogP contribution >= 0.6 is 0 Å². The van der Waals surface area contributed by atoms with Gasteiger partial charge in [-0.1, -0.05) is 13.8 Å². The number of nitrogens with one attached hydrogen (secondary N) is 1. The largest absolute Gasteiger partial charge is 0.273 e. The molecule has 0 unspecified atom stereocenters. The van der Waals surface area contributed by atoms with Crippen molar-refractivity contribution in [2.24, 2.45) is 0 Å². The maximum atomic E-state index is 10.9. The molecular weight excluding hydrogens is 156 g/mol. The van der Waals surface area contributed by atoms with Gasteiger partial charge in [-0.3, -0.25) is 20.0 Å². The molecular formula is C8H16N2O2. The van der Waals surface area contributed by atoms with Crippen LogP contribution in [0.5, 0.6) is 0 Å². The molecule has 2 amide bonds. The van der Waals surface area contributed by atoms with Gasteiger partial charge in [0, 0.05) is 6.04 Å². The van der Waals surface area contributed by atoms with Crippen molar-refractivity contribution in [1.29, 1.82) is 0 Å². The molecule has 0 spiro atoms. The maximum absolute atomic E-state index is 10.9. The van der Waals surface area contributed by atoms with Gasteiger partial charge in [-0.2, -0.15) is 0 Å². The average Bonchev–Trinajstić information content (AvgIpc) is 2.34. The van der Waals surface area contributed by atoms with Gasteiger partial charge in [0.05, 0.1) is 0 Å². The lowest BCUT2D eigenvalue weighted by molar-refractivity contribution is -0.131. The number of hydrogen-bond donors (Lipinski definition) is 1. The standard InChI is InChI=1S/C6H10N2O2.C2H6/c1-4(2)8-6(10)3-5(9)7-8;1-2/h4H,3H2,1-2H3,(H,7,9);1-2H3. The molecule has 0 aromatic heterocycles. The Bertz CT molecular complexity index is 178. The Balaban J connectivity index is 0.000000561. The number of rotatable bonds is 1. The van der Waals surface area contributed by atoms with Crippen LogP contribution in [0.4, 0.5) is 0 Å². The van der Waals surface area contributed by atoms with E-state index in [0.717, 1.165) is 0 Å². The number of carbonyl (C=O) groups is 2. The predicted molar refractivity (Wildman–Crippen MR) is 46.1 cm³/mol. The van der Waals surface area contributed by atoms with Crippen molar-refractivity contribution in [3.8, 4) is 0 Å². The van der Waals surface area contributed by atoms with Gasteiger partial charge in [-0.25, -0.2) is 0 Å². The third-order valence-electron chi connectivity index (χ3n) is 1.34. The third kappa shape index (κ3) is 2.53. The van der Waals surface area contributed by atoms with Crippen LogP contribution in [0.25, 0.3) is 0 Å². The summed E-state index contributed by atoms with van der Waals surface area (Å²) in [5, 5.41) is 1.35. The quantitative estimate of drug-likeness (QED) is 0.591. The summed E-state index contributed by atoms with van der Waals surface area (Å²) in [6.07, 6.45) is -0.00181. The van der Waals surface area contributed by atoms with Gasteiger partial charge in [0.2, 0.25) is 5.91 Å². The smallest absolute Gasteiger partial charge is 0.250 e. The van der Waals surface area contributed by atoms with Crippen LogP contribution in [0.2, 0.25) is 0 Å². The highest BCUT2D eigenvalue weighted by Crippen LogP contribution is 2.04. The first kappa shape index (κ1) is 10.9. The Kier molecular flexibility index (Phi) is 4.33. The van der Waals surface area contributed by atoms with Gasteiger partial charge >= 0.3 is 0 Å². The van der Waals surface area contributed by atoms with Crippen LogP contribution in [0.1, 0.15) is 34.1 Å². The lowest BCUT2D eigenvalue weighted by Gasteiger charge is -2.18. The molecule has 12 heavy (non-hydrogen) atoms. The van der Waals surface area contributed by atoms with E-state index in [1.807, 2.05) is 27.7 Å². The van der Waals surface area contributed by atoms with E-state index in [1.165, 1.54) is 5.01 Å². The summed E-state index contributed by atoms with van der Waals surface area (Å²) in [6.45, 7) is 7.70. The van der Waals surface area contributed by atoms with E-state index in [-0.39, 0.29) is 24.3 Å². The average molecular weight is 172 g/mol. The minimum absolute atomic E-state index is 0.00181. The Hall–Kier alpha value is -1.06. The van der Waals surface area contributed by atoms with Crippen molar-refractivity contribution >= 4 is 11.8 Å². The SMILES string of the molecule is CC.CC(C)N1NC(=O)CC1=O. The fourth-order valence-electron chi connectivity index (χ4n) is 0.876. The van der Waals surface area contributed by atoms with Crippen LogP contribution in [0.15, 0.2) is 0 Å². The molecule has 0 radical (unpaired) electrons. The monoisotopic (exact) mass is 172 g/mol. The molecule has 0 aromatic carbocycles. The molecule has 1 fully saturated rings. The Labute approximate surface area is 72.9 Å². The topological polar surface area (TPSA) is 49.4 Å². The summed E-state index contributed by atoms with van der Waals surface area (Å²) >= 11 is 0. The predicted octanol–water partition coefficient (Wildman–Crippen LogP) is 0.684. The fraction of sp³-hybridized carbons (Fsp3) is 0.750. The molecule has 1 N–H and O–H groups in total. The van der Waals surface area contributed by atoms with E-state index in [2.05, 4.69) is 5.43 Å². The van der Waals surface area contributed by atoms with Gasteiger partial charge in [0.25, 0.3) is 5.91 Å². The Morgan fingerprint density at radius 1 is 1.33 bits per heavy atom. The maximum Gasteiger partial charge on any atom is 0.250 e. The Morgan fingerprint density at radius 2 is 1.83 bits per heavy atom. The minimum atomic E-state index is -0.210. The van der Waals surface area contributed by atoms with Crippen molar-refractivity contribution < 1.29 is 9.59 Å². The molecule has 4 heteroatoms. The Morgan fingerprint density at radius 3 is 2.00 bits per heavy atom. The highest BCUT2D eigenvalue weighted by Gasteiger charge is 2.28. The lowest BCUT2D eigenvalue weighted by Crippen LogP contribution is -2.41. The van der Waals surface area contributed by atoms with Crippen molar-refractivity contribution in [2.45, 2.75) is 40.2 Å². The first-order valence-electron chi connectivity index (χ1n) is 4.23. The van der Waals surface area contributed by atoms with Crippen molar-refractivity contribution in [3.63, 3.8) is 0 Å². The zero-order chi connectivity index (χ0) is 9.72. The second-order valence-corrected chi connectivity index (χ2v) is 2.57. The highest BCUT2D eigenvalue weighted by atomic mass is 16.2. The first-order chi connectivity index (χ1) is 5.61. The summed E-state index contributed by atoms with van der Waals surface area (Å²) in [7, 11) is 0. The number of carbonyl (C=O) groups excluding carboxylic acids is 2. The van der Waals surface area contributed by atoms with E-state index >= 15 is 0 Å². The normalized spacial score (nSPS) is 15.9. The molecule has 1 aliphatic rings. The third-order valence-corrected chi connectivity index (χ3v) is 1.34. The van der Waals surface area contributed by atoms with Gasteiger partial charge in [0.15, 0.2) is 0 Å². The van der Waals surface area contributed by atoms with Gasteiger partial charge in [-0.15, -0.1) is 0 Å². The molecule has 1 heterocycles. The van der Waals surface area contributed by atoms with Crippen LogP contribution in [-0.2, 0) is 9.59 Å². The summed E-state index contributed by atoms with van der Waals surface area (Å²) < 4.78 is 0. The zero-order valence-electron chi connectivity index (χ0n) is 8.05. The summed E-state index contributed by atoms with van der Waals surface area (Å²) in [5.41, 5.74) is 2.45. The van der Waals surface area contributed by atoms with Gasteiger partial charge in [0.1, 0.15) is 6.42 Å². The summed E-state index contributed by atoms with van der Waals surface area (Å²) in [4.78, 5) is 21.5. The van der Waals surface area contributed by atoms with Crippen LogP contribution in [0.3, 0.4) is 0 Å². The van der Waals surface area contributed by atoms with Crippen LogP contribution in [0, 0.1) is 0 Å². The molecule has 0 atom stereocenters. The fourth-order valence-corrected chi connectivity index (χ4v) is 0.876. The molecule has 0 aromatic rings. The number of hydrogen-bond acceptors (Lipinski definition) is 2. The van der Waals surface area contributed by atoms with E-state index in [4.69, 9.17) is 0 Å². The number of nitrogens with zero attached hydrogens (tertiary/aromatic N) is 1. The van der Waals surface area contributed by atoms with Crippen LogP contribution < -0.4 is 5.43 Å². The van der Waals surface area contributed by atoms with E-state index in [0.29, 0.717) is 0 Å². The molecule has 70 valence electrons. The van der Waals surface area contributed by atoms with Crippen molar-refractivity contribution in [3.05, 3.63) is 0 Å². The van der Waals surface area contributed by atoms with Crippen LogP contribution in [-0.4, -0.2) is 22.9 Å². The number of hydrazine groups is 1.